The lowest BCUT2D eigenvalue weighted by Gasteiger charge is -2.10. The topological polar surface area (TPSA) is 58.2 Å². The number of aryl methyl sites for hydroxylation is 1. The fourth-order valence-electron chi connectivity index (χ4n) is 2.07. The third-order valence-electron chi connectivity index (χ3n) is 3.20. The Bertz CT molecular complexity index is 732. The van der Waals surface area contributed by atoms with Gasteiger partial charge in [-0.1, -0.05) is 48.3 Å². The zero-order valence-corrected chi connectivity index (χ0v) is 14.0. The lowest BCUT2D eigenvalue weighted by molar-refractivity contribution is -0.123. The molecule has 23 heavy (non-hydrogen) atoms. The van der Waals surface area contributed by atoms with Gasteiger partial charge in [0.1, 0.15) is 6.42 Å². The van der Waals surface area contributed by atoms with Gasteiger partial charge in [0.05, 0.1) is 10.0 Å². The van der Waals surface area contributed by atoms with Gasteiger partial charge in [-0.15, -0.1) is 0 Å². The van der Waals surface area contributed by atoms with Gasteiger partial charge in [-0.05, 0) is 36.2 Å². The quantitative estimate of drug-likeness (QED) is 0.778. The molecule has 2 amide bonds. The SMILES string of the molecule is CCc1ccccc1NC(=O)CC(=O)Nc1ccc(Cl)c(Cl)c1. The van der Waals surface area contributed by atoms with Crippen molar-refractivity contribution in [3.05, 3.63) is 58.1 Å². The van der Waals surface area contributed by atoms with Crippen LogP contribution in [0.15, 0.2) is 42.5 Å². The molecule has 0 heterocycles. The number of anilines is 2. The molecule has 0 saturated heterocycles. The minimum Gasteiger partial charge on any atom is -0.326 e. The van der Waals surface area contributed by atoms with Crippen LogP contribution in [0.25, 0.3) is 0 Å². The number of hydrogen-bond acceptors (Lipinski definition) is 2. The molecule has 0 fully saturated rings. The maximum absolute atomic E-state index is 12.0. The van der Waals surface area contributed by atoms with E-state index in [1.807, 2.05) is 31.2 Å². The number of carbonyl (C=O) groups is 2. The van der Waals surface area contributed by atoms with E-state index in [1.54, 1.807) is 12.1 Å². The van der Waals surface area contributed by atoms with E-state index in [0.717, 1.165) is 17.7 Å². The van der Waals surface area contributed by atoms with Gasteiger partial charge in [0.2, 0.25) is 11.8 Å². The Morgan fingerprint density at radius 2 is 1.65 bits per heavy atom. The molecule has 0 aromatic heterocycles. The Hall–Kier alpha value is -2.04. The summed E-state index contributed by atoms with van der Waals surface area (Å²) < 4.78 is 0. The van der Waals surface area contributed by atoms with Crippen molar-refractivity contribution in [3.63, 3.8) is 0 Å². The molecular weight excluding hydrogens is 335 g/mol. The highest BCUT2D eigenvalue weighted by Gasteiger charge is 2.12. The lowest BCUT2D eigenvalue weighted by atomic mass is 10.1. The number of amides is 2. The van der Waals surface area contributed by atoms with Crippen LogP contribution in [0.2, 0.25) is 10.0 Å². The number of rotatable bonds is 5. The highest BCUT2D eigenvalue weighted by atomic mass is 35.5. The molecule has 0 aliphatic heterocycles. The van der Waals surface area contributed by atoms with Crippen molar-refractivity contribution in [1.29, 1.82) is 0 Å². The van der Waals surface area contributed by atoms with Crippen molar-refractivity contribution in [2.75, 3.05) is 10.6 Å². The number of carbonyl (C=O) groups excluding carboxylic acids is 2. The van der Waals surface area contributed by atoms with E-state index in [4.69, 9.17) is 23.2 Å². The molecule has 0 bridgehead atoms. The largest absolute Gasteiger partial charge is 0.326 e. The van der Waals surface area contributed by atoms with E-state index in [-0.39, 0.29) is 12.3 Å². The first-order valence-electron chi connectivity index (χ1n) is 7.12. The van der Waals surface area contributed by atoms with Crippen molar-refractivity contribution < 1.29 is 9.59 Å². The second kappa shape index (κ2) is 7.99. The minimum absolute atomic E-state index is 0.279. The molecule has 4 nitrogen and oxygen atoms in total. The fourth-order valence-corrected chi connectivity index (χ4v) is 2.37. The lowest BCUT2D eigenvalue weighted by Crippen LogP contribution is -2.21. The Morgan fingerprint density at radius 3 is 2.35 bits per heavy atom. The van der Waals surface area contributed by atoms with E-state index >= 15 is 0 Å². The van der Waals surface area contributed by atoms with Crippen LogP contribution < -0.4 is 10.6 Å². The summed E-state index contributed by atoms with van der Waals surface area (Å²) in [5, 5.41) is 6.10. The molecule has 0 aliphatic carbocycles. The van der Waals surface area contributed by atoms with Crippen LogP contribution in [-0.4, -0.2) is 11.8 Å². The van der Waals surface area contributed by atoms with Gasteiger partial charge in [-0.2, -0.15) is 0 Å². The summed E-state index contributed by atoms with van der Waals surface area (Å²) in [5.41, 5.74) is 2.24. The average molecular weight is 351 g/mol. The third-order valence-corrected chi connectivity index (χ3v) is 3.94. The summed E-state index contributed by atoms with van der Waals surface area (Å²) >= 11 is 11.7. The number of nitrogens with one attached hydrogen (secondary N) is 2. The second-order valence-electron chi connectivity index (χ2n) is 4.91. The van der Waals surface area contributed by atoms with Gasteiger partial charge >= 0.3 is 0 Å². The summed E-state index contributed by atoms with van der Waals surface area (Å²) in [7, 11) is 0. The summed E-state index contributed by atoms with van der Waals surface area (Å²) in [5.74, 6) is -0.793. The van der Waals surface area contributed by atoms with Crippen molar-refractivity contribution in [2.24, 2.45) is 0 Å². The first kappa shape index (κ1) is 17.3. The predicted molar refractivity (Wildman–Crippen MR) is 94.2 cm³/mol. The fraction of sp³-hybridized carbons (Fsp3) is 0.176. The number of benzene rings is 2. The van der Waals surface area contributed by atoms with Crippen LogP contribution in [0.1, 0.15) is 18.9 Å². The van der Waals surface area contributed by atoms with Crippen LogP contribution >= 0.6 is 23.2 Å². The summed E-state index contributed by atoms with van der Waals surface area (Å²) in [6, 6.07) is 12.2. The van der Waals surface area contributed by atoms with Crippen molar-refractivity contribution in [2.45, 2.75) is 19.8 Å². The molecule has 2 N–H and O–H groups in total. The Kier molecular flexibility index (Phi) is 6.02. The zero-order valence-electron chi connectivity index (χ0n) is 12.5. The molecule has 2 rings (SSSR count). The molecule has 0 atom stereocenters. The molecular formula is C17H16Cl2N2O2. The first-order chi connectivity index (χ1) is 11.0. The molecule has 6 heteroatoms. The van der Waals surface area contributed by atoms with Crippen LogP contribution in [0.5, 0.6) is 0 Å². The summed E-state index contributed by atoms with van der Waals surface area (Å²) in [6.07, 6.45) is 0.518. The van der Waals surface area contributed by atoms with E-state index in [9.17, 15) is 9.59 Å². The predicted octanol–water partition coefficient (Wildman–Crippen LogP) is 4.52. The first-order valence-corrected chi connectivity index (χ1v) is 7.88. The molecule has 2 aromatic rings. The molecule has 0 saturated carbocycles. The van der Waals surface area contributed by atoms with Crippen LogP contribution in [-0.2, 0) is 16.0 Å². The third kappa shape index (κ3) is 4.98. The van der Waals surface area contributed by atoms with Crippen LogP contribution in [0, 0.1) is 0 Å². The van der Waals surface area contributed by atoms with E-state index in [1.165, 1.54) is 6.07 Å². The molecule has 120 valence electrons. The maximum atomic E-state index is 12.0. The van der Waals surface area contributed by atoms with Crippen LogP contribution in [0.3, 0.4) is 0 Å². The Morgan fingerprint density at radius 1 is 0.957 bits per heavy atom. The maximum Gasteiger partial charge on any atom is 0.233 e. The van der Waals surface area contributed by atoms with Crippen molar-refractivity contribution in [3.8, 4) is 0 Å². The summed E-state index contributed by atoms with van der Waals surface area (Å²) in [6.45, 7) is 2.00. The van der Waals surface area contributed by atoms with Crippen LogP contribution in [0.4, 0.5) is 11.4 Å². The number of hydrogen-bond donors (Lipinski definition) is 2. The second-order valence-corrected chi connectivity index (χ2v) is 5.73. The standard InChI is InChI=1S/C17H16Cl2N2O2/c1-2-11-5-3-4-6-15(11)21-17(23)10-16(22)20-12-7-8-13(18)14(19)9-12/h3-9H,2,10H2,1H3,(H,20,22)(H,21,23). The van der Waals surface area contributed by atoms with Crippen molar-refractivity contribution in [1.82, 2.24) is 0 Å². The number of halogens is 2. The Labute approximate surface area is 144 Å². The van der Waals surface area contributed by atoms with Gasteiger partial charge in [0.15, 0.2) is 0 Å². The zero-order chi connectivity index (χ0) is 16.8. The highest BCUT2D eigenvalue weighted by Crippen LogP contribution is 2.25. The van der Waals surface area contributed by atoms with Gasteiger partial charge in [-0.3, -0.25) is 9.59 Å². The molecule has 0 spiro atoms. The molecule has 2 aromatic carbocycles. The Balaban J connectivity index is 1.94. The number of para-hydroxylation sites is 1. The normalized spacial score (nSPS) is 10.2. The van der Waals surface area contributed by atoms with E-state index < -0.39 is 5.91 Å². The smallest absolute Gasteiger partial charge is 0.233 e. The molecule has 0 unspecified atom stereocenters. The van der Waals surface area contributed by atoms with Gasteiger partial charge < -0.3 is 10.6 Å². The highest BCUT2D eigenvalue weighted by molar-refractivity contribution is 6.42. The monoisotopic (exact) mass is 350 g/mol. The van der Waals surface area contributed by atoms with E-state index in [2.05, 4.69) is 10.6 Å². The van der Waals surface area contributed by atoms with E-state index in [0.29, 0.717) is 15.7 Å². The van der Waals surface area contributed by atoms with Crippen molar-refractivity contribution >= 4 is 46.4 Å². The molecule has 0 radical (unpaired) electrons. The van der Waals surface area contributed by atoms with Gasteiger partial charge in [0, 0.05) is 11.4 Å². The molecule has 0 aliphatic rings. The average Bonchev–Trinajstić information content (AvgIpc) is 2.51. The van der Waals surface area contributed by atoms with Gasteiger partial charge in [-0.25, -0.2) is 0 Å². The minimum atomic E-state index is -0.421. The van der Waals surface area contributed by atoms with Gasteiger partial charge in [0.25, 0.3) is 0 Å². The summed E-state index contributed by atoms with van der Waals surface area (Å²) in [4.78, 5) is 23.9.